The number of aryl methyl sites for hydroxylation is 1. The minimum Gasteiger partial charge on any atom is -0.496 e. The van der Waals surface area contributed by atoms with Gasteiger partial charge in [-0.1, -0.05) is 0 Å². The molecule has 4 nitrogen and oxygen atoms in total. The van der Waals surface area contributed by atoms with Crippen molar-refractivity contribution in [2.45, 2.75) is 13.5 Å². The second-order valence-electron chi connectivity index (χ2n) is 5.17. The van der Waals surface area contributed by atoms with Crippen LogP contribution in [0.4, 0.5) is 0 Å². The monoisotopic (exact) mass is 259 g/mol. The Labute approximate surface area is 113 Å². The van der Waals surface area contributed by atoms with Crippen molar-refractivity contribution >= 4 is 10.9 Å². The minimum atomic E-state index is 0.958. The summed E-state index contributed by atoms with van der Waals surface area (Å²) < 4.78 is 5.59. The number of hydrogen-bond acceptors (Lipinski definition) is 3. The number of benzene rings is 1. The highest BCUT2D eigenvalue weighted by atomic mass is 16.5. The lowest BCUT2D eigenvalue weighted by molar-refractivity contribution is 0.231. The fourth-order valence-corrected chi connectivity index (χ4v) is 2.87. The van der Waals surface area contributed by atoms with Gasteiger partial charge in [0.05, 0.1) is 7.11 Å². The zero-order valence-electron chi connectivity index (χ0n) is 11.6. The third-order valence-corrected chi connectivity index (χ3v) is 3.92. The van der Waals surface area contributed by atoms with E-state index in [1.54, 1.807) is 7.11 Å². The Balaban J connectivity index is 2.00. The van der Waals surface area contributed by atoms with E-state index in [2.05, 4.69) is 34.3 Å². The first kappa shape index (κ1) is 12.5. The number of nitrogens with zero attached hydrogens (tertiary/aromatic N) is 1. The van der Waals surface area contributed by atoms with E-state index < -0.39 is 0 Å². The molecule has 0 amide bonds. The molecule has 0 spiro atoms. The summed E-state index contributed by atoms with van der Waals surface area (Å²) in [7, 11) is 1.76. The predicted molar refractivity (Wildman–Crippen MR) is 77.7 cm³/mol. The van der Waals surface area contributed by atoms with Crippen molar-refractivity contribution in [3.05, 3.63) is 29.5 Å². The van der Waals surface area contributed by atoms with Gasteiger partial charge in [0.1, 0.15) is 5.75 Å². The van der Waals surface area contributed by atoms with Crippen molar-refractivity contribution in [3.8, 4) is 5.75 Å². The van der Waals surface area contributed by atoms with E-state index in [-0.39, 0.29) is 0 Å². The fourth-order valence-electron chi connectivity index (χ4n) is 2.87. The second-order valence-corrected chi connectivity index (χ2v) is 5.17. The number of rotatable bonds is 3. The lowest BCUT2D eigenvalue weighted by Crippen LogP contribution is -2.42. The molecule has 3 rings (SSSR count). The average molecular weight is 259 g/mol. The fraction of sp³-hybridized carbons (Fsp3) is 0.467. The van der Waals surface area contributed by atoms with E-state index in [4.69, 9.17) is 4.74 Å². The predicted octanol–water partition coefficient (Wildman–Crippen LogP) is 1.89. The lowest BCUT2D eigenvalue weighted by Gasteiger charge is -2.28. The molecule has 0 bridgehead atoms. The van der Waals surface area contributed by atoms with Crippen LogP contribution >= 0.6 is 0 Å². The van der Waals surface area contributed by atoms with Gasteiger partial charge in [-0.05, 0) is 24.6 Å². The number of H-pyrrole nitrogens is 1. The molecule has 1 aliphatic rings. The molecule has 2 heterocycles. The molecule has 0 saturated carbocycles. The van der Waals surface area contributed by atoms with Crippen LogP contribution in [0.3, 0.4) is 0 Å². The average Bonchev–Trinajstić information content (AvgIpc) is 2.93. The van der Waals surface area contributed by atoms with Crippen LogP contribution in [0.2, 0.25) is 0 Å². The normalized spacial score (nSPS) is 16.9. The van der Waals surface area contributed by atoms with E-state index in [0.717, 1.165) is 38.5 Å². The highest BCUT2D eigenvalue weighted by Crippen LogP contribution is 2.31. The zero-order valence-corrected chi connectivity index (χ0v) is 11.6. The van der Waals surface area contributed by atoms with Gasteiger partial charge in [-0.2, -0.15) is 0 Å². The van der Waals surface area contributed by atoms with E-state index in [1.165, 1.54) is 22.0 Å². The number of aromatic amines is 1. The van der Waals surface area contributed by atoms with Crippen LogP contribution in [-0.2, 0) is 6.54 Å². The van der Waals surface area contributed by atoms with Crippen LogP contribution in [0, 0.1) is 6.92 Å². The summed E-state index contributed by atoms with van der Waals surface area (Å²) in [6.45, 7) is 7.43. The first-order valence-corrected chi connectivity index (χ1v) is 6.86. The van der Waals surface area contributed by atoms with Crippen LogP contribution in [-0.4, -0.2) is 43.2 Å². The number of aromatic nitrogens is 1. The van der Waals surface area contributed by atoms with Crippen molar-refractivity contribution in [1.29, 1.82) is 0 Å². The van der Waals surface area contributed by atoms with Crippen LogP contribution in [0.1, 0.15) is 11.1 Å². The Bertz CT molecular complexity index is 570. The zero-order chi connectivity index (χ0) is 13.2. The lowest BCUT2D eigenvalue weighted by atomic mass is 10.0. The third kappa shape index (κ3) is 2.33. The summed E-state index contributed by atoms with van der Waals surface area (Å²) in [4.78, 5) is 5.81. The van der Waals surface area contributed by atoms with Crippen molar-refractivity contribution in [2.75, 3.05) is 33.3 Å². The summed E-state index contributed by atoms with van der Waals surface area (Å²) in [5, 5.41) is 4.68. The largest absolute Gasteiger partial charge is 0.496 e. The van der Waals surface area contributed by atoms with Gasteiger partial charge >= 0.3 is 0 Å². The van der Waals surface area contributed by atoms with Gasteiger partial charge in [-0.3, -0.25) is 4.90 Å². The van der Waals surface area contributed by atoms with Crippen molar-refractivity contribution in [2.24, 2.45) is 0 Å². The van der Waals surface area contributed by atoms with Gasteiger partial charge in [0.15, 0.2) is 0 Å². The number of nitrogens with one attached hydrogen (secondary N) is 2. The van der Waals surface area contributed by atoms with Gasteiger partial charge in [0.2, 0.25) is 0 Å². The molecular weight excluding hydrogens is 238 g/mol. The highest BCUT2D eigenvalue weighted by molar-refractivity contribution is 5.88. The molecular formula is C15H21N3O. The topological polar surface area (TPSA) is 40.3 Å². The SMILES string of the molecule is COc1cc(C)c2[nH]ccc2c1CN1CCNCC1. The van der Waals surface area contributed by atoms with Crippen LogP contribution in [0.25, 0.3) is 10.9 Å². The standard InChI is InChI=1S/C15H21N3O/c1-11-9-14(19-2)13(12-3-4-17-15(11)12)10-18-7-5-16-6-8-18/h3-4,9,16-17H,5-8,10H2,1-2H3. The summed E-state index contributed by atoms with van der Waals surface area (Å²) in [5.41, 5.74) is 3.76. The maximum absolute atomic E-state index is 5.59. The number of ether oxygens (including phenoxy) is 1. The van der Waals surface area contributed by atoms with Crippen molar-refractivity contribution < 1.29 is 4.74 Å². The number of fused-ring (bicyclic) bond motifs is 1. The maximum atomic E-state index is 5.59. The molecule has 0 unspecified atom stereocenters. The molecule has 1 aromatic heterocycles. The first-order valence-electron chi connectivity index (χ1n) is 6.86. The van der Waals surface area contributed by atoms with Crippen LogP contribution in [0.15, 0.2) is 18.3 Å². The molecule has 1 aliphatic heterocycles. The Hall–Kier alpha value is -1.52. The highest BCUT2D eigenvalue weighted by Gasteiger charge is 2.16. The Morgan fingerprint density at radius 1 is 1.32 bits per heavy atom. The van der Waals surface area contributed by atoms with Crippen LogP contribution < -0.4 is 10.1 Å². The van der Waals surface area contributed by atoms with Gasteiger partial charge < -0.3 is 15.0 Å². The molecule has 0 radical (unpaired) electrons. The van der Waals surface area contributed by atoms with E-state index in [0.29, 0.717) is 0 Å². The van der Waals surface area contributed by atoms with Gasteiger partial charge in [-0.15, -0.1) is 0 Å². The second kappa shape index (κ2) is 5.23. The quantitative estimate of drug-likeness (QED) is 0.884. The third-order valence-electron chi connectivity index (χ3n) is 3.92. The smallest absolute Gasteiger partial charge is 0.124 e. The summed E-state index contributed by atoms with van der Waals surface area (Å²) >= 11 is 0. The van der Waals surface area contributed by atoms with Crippen molar-refractivity contribution in [1.82, 2.24) is 15.2 Å². The molecule has 2 N–H and O–H groups in total. The molecule has 1 aromatic carbocycles. The molecule has 19 heavy (non-hydrogen) atoms. The molecule has 2 aromatic rings. The first-order chi connectivity index (χ1) is 9.29. The van der Waals surface area contributed by atoms with Gasteiger partial charge in [0, 0.05) is 55.4 Å². The Morgan fingerprint density at radius 3 is 2.84 bits per heavy atom. The number of piperazine rings is 1. The van der Waals surface area contributed by atoms with E-state index in [9.17, 15) is 0 Å². The molecule has 0 atom stereocenters. The molecule has 1 saturated heterocycles. The Kier molecular flexibility index (Phi) is 3.44. The minimum absolute atomic E-state index is 0.958. The maximum Gasteiger partial charge on any atom is 0.124 e. The van der Waals surface area contributed by atoms with Gasteiger partial charge in [0.25, 0.3) is 0 Å². The molecule has 1 fully saturated rings. The number of hydrogen-bond donors (Lipinski definition) is 2. The summed E-state index contributed by atoms with van der Waals surface area (Å²) in [5.74, 6) is 1.00. The Morgan fingerprint density at radius 2 is 2.11 bits per heavy atom. The molecule has 4 heteroatoms. The van der Waals surface area contributed by atoms with Crippen molar-refractivity contribution in [3.63, 3.8) is 0 Å². The molecule has 0 aliphatic carbocycles. The molecule has 102 valence electrons. The van der Waals surface area contributed by atoms with E-state index in [1.807, 2.05) is 6.20 Å². The number of methoxy groups -OCH3 is 1. The summed E-state index contributed by atoms with van der Waals surface area (Å²) in [6, 6.07) is 4.29. The van der Waals surface area contributed by atoms with Crippen LogP contribution in [0.5, 0.6) is 5.75 Å². The van der Waals surface area contributed by atoms with Gasteiger partial charge in [-0.25, -0.2) is 0 Å². The van der Waals surface area contributed by atoms with E-state index >= 15 is 0 Å². The summed E-state index contributed by atoms with van der Waals surface area (Å²) in [6.07, 6.45) is 2.01.